The van der Waals surface area contributed by atoms with Gasteiger partial charge >= 0.3 is 0 Å². The molecule has 0 saturated heterocycles. The third-order valence-corrected chi connectivity index (χ3v) is 4.00. The van der Waals surface area contributed by atoms with E-state index < -0.39 is 0 Å². The first-order chi connectivity index (χ1) is 10.1. The normalized spacial score (nSPS) is 11.6. The summed E-state index contributed by atoms with van der Waals surface area (Å²) in [6.45, 7) is 2.91. The van der Waals surface area contributed by atoms with Gasteiger partial charge in [-0.05, 0) is 18.6 Å². The van der Waals surface area contributed by atoms with Crippen LogP contribution in [0, 0.1) is 4.77 Å². The molecule has 112 valence electrons. The number of aromatic nitrogens is 7. The summed E-state index contributed by atoms with van der Waals surface area (Å²) in [5.41, 5.74) is 3.19. The van der Waals surface area contributed by atoms with Crippen LogP contribution in [0.2, 0.25) is 0 Å². The van der Waals surface area contributed by atoms with Crippen molar-refractivity contribution in [2.75, 3.05) is 0 Å². The van der Waals surface area contributed by atoms with Crippen LogP contribution in [-0.4, -0.2) is 34.1 Å². The number of nitrogens with zero attached hydrogens (tertiary/aromatic N) is 6. The molecule has 0 amide bonds. The number of nitrogens with one attached hydrogen (secondary N) is 1. The van der Waals surface area contributed by atoms with Gasteiger partial charge in [-0.25, -0.2) is 0 Å². The lowest BCUT2D eigenvalue weighted by Crippen LogP contribution is -2.08. The van der Waals surface area contributed by atoms with Gasteiger partial charge in [-0.2, -0.15) is 5.10 Å². The maximum Gasteiger partial charge on any atom is 0.179 e. The van der Waals surface area contributed by atoms with Crippen LogP contribution in [0.1, 0.15) is 24.9 Å². The third-order valence-electron chi connectivity index (χ3n) is 3.67. The van der Waals surface area contributed by atoms with Crippen molar-refractivity contribution in [2.45, 2.75) is 32.7 Å². The van der Waals surface area contributed by atoms with E-state index in [0.717, 1.165) is 53.3 Å². The van der Waals surface area contributed by atoms with Crippen LogP contribution in [0.4, 0.5) is 0 Å². The maximum absolute atomic E-state index is 5.46. The number of aromatic amines is 1. The van der Waals surface area contributed by atoms with Crippen molar-refractivity contribution < 1.29 is 0 Å². The highest BCUT2D eigenvalue weighted by Crippen LogP contribution is 2.19. The summed E-state index contributed by atoms with van der Waals surface area (Å²) in [4.78, 5) is 3.30. The van der Waals surface area contributed by atoms with Crippen molar-refractivity contribution in [1.82, 2.24) is 34.1 Å². The van der Waals surface area contributed by atoms with Gasteiger partial charge in [0.25, 0.3) is 0 Å². The highest BCUT2D eigenvalue weighted by molar-refractivity contribution is 7.71. The van der Waals surface area contributed by atoms with Gasteiger partial charge in [-0.1, -0.05) is 13.3 Å². The van der Waals surface area contributed by atoms with Gasteiger partial charge in [0.15, 0.2) is 10.4 Å². The molecule has 0 aromatic carbocycles. The molecule has 3 rings (SSSR count). The lowest BCUT2D eigenvalue weighted by atomic mass is 10.2. The molecular weight excluding hydrogens is 286 g/mol. The topological polar surface area (TPSA) is 69.2 Å². The molecule has 0 atom stereocenters. The Morgan fingerprint density at radius 1 is 1.29 bits per heavy atom. The molecule has 0 fully saturated rings. The SMILES string of the molecule is CCCc1nn(C)c2c1[nH]c(=S)n2CCc1nncn1C. The molecule has 3 aromatic rings. The third kappa shape index (κ3) is 2.39. The van der Waals surface area contributed by atoms with Gasteiger partial charge in [0.05, 0.1) is 5.69 Å². The van der Waals surface area contributed by atoms with Crippen LogP contribution in [0.3, 0.4) is 0 Å². The highest BCUT2D eigenvalue weighted by atomic mass is 32.1. The molecule has 0 aliphatic rings. The summed E-state index contributed by atoms with van der Waals surface area (Å²) < 4.78 is 6.66. The smallest absolute Gasteiger partial charge is 0.179 e. The Morgan fingerprint density at radius 3 is 2.76 bits per heavy atom. The molecule has 1 N–H and O–H groups in total. The maximum atomic E-state index is 5.46. The number of aryl methyl sites for hydroxylation is 5. The second-order valence-electron chi connectivity index (χ2n) is 5.21. The van der Waals surface area contributed by atoms with E-state index in [-0.39, 0.29) is 0 Å². The van der Waals surface area contributed by atoms with E-state index in [0.29, 0.717) is 0 Å². The minimum Gasteiger partial charge on any atom is -0.328 e. The first-order valence-corrected chi connectivity index (χ1v) is 7.50. The zero-order valence-electron chi connectivity index (χ0n) is 12.5. The Bertz CT molecular complexity index is 819. The molecule has 0 aliphatic carbocycles. The fourth-order valence-electron chi connectivity index (χ4n) is 2.64. The van der Waals surface area contributed by atoms with Gasteiger partial charge in [0.2, 0.25) is 0 Å². The fourth-order valence-corrected chi connectivity index (χ4v) is 2.92. The molecule has 0 saturated carbocycles. The summed E-state index contributed by atoms with van der Waals surface area (Å²) in [6.07, 6.45) is 4.52. The molecule has 3 aromatic heterocycles. The predicted octanol–water partition coefficient (Wildman–Crippen LogP) is 1.76. The standard InChI is InChI=1S/C13H19N7S/c1-4-5-9-11-12(19(3)17-9)20(13(21)15-11)7-6-10-16-14-8-18(10)2/h8H,4-7H2,1-3H3,(H,15,21). The van der Waals surface area contributed by atoms with Crippen molar-refractivity contribution in [3.05, 3.63) is 22.6 Å². The second-order valence-corrected chi connectivity index (χ2v) is 5.60. The van der Waals surface area contributed by atoms with Crippen molar-refractivity contribution >= 4 is 23.4 Å². The molecule has 0 unspecified atom stereocenters. The number of fused-ring (bicyclic) bond motifs is 1. The van der Waals surface area contributed by atoms with E-state index in [9.17, 15) is 0 Å². The first-order valence-electron chi connectivity index (χ1n) is 7.09. The lowest BCUT2D eigenvalue weighted by molar-refractivity contribution is 0.631. The van der Waals surface area contributed by atoms with E-state index in [1.165, 1.54) is 0 Å². The summed E-state index contributed by atoms with van der Waals surface area (Å²) >= 11 is 5.46. The summed E-state index contributed by atoms with van der Waals surface area (Å²) in [6, 6.07) is 0. The average Bonchev–Trinajstić information content (AvgIpc) is 3.07. The Labute approximate surface area is 127 Å². The van der Waals surface area contributed by atoms with Gasteiger partial charge in [0, 0.05) is 27.1 Å². The van der Waals surface area contributed by atoms with E-state index in [2.05, 4.69) is 31.8 Å². The van der Waals surface area contributed by atoms with Crippen molar-refractivity contribution in [3.8, 4) is 0 Å². The van der Waals surface area contributed by atoms with E-state index in [1.54, 1.807) is 6.33 Å². The Balaban J connectivity index is 1.97. The van der Waals surface area contributed by atoms with Crippen molar-refractivity contribution in [2.24, 2.45) is 14.1 Å². The molecule has 0 bridgehead atoms. The van der Waals surface area contributed by atoms with Crippen LogP contribution < -0.4 is 0 Å². The van der Waals surface area contributed by atoms with Crippen LogP contribution in [0.5, 0.6) is 0 Å². The van der Waals surface area contributed by atoms with E-state index in [1.807, 2.05) is 23.3 Å². The molecule has 0 aliphatic heterocycles. The number of H-pyrrole nitrogens is 1. The summed E-state index contributed by atoms with van der Waals surface area (Å²) in [5.74, 6) is 0.946. The molecular formula is C13H19N7S. The number of hydrogen-bond acceptors (Lipinski definition) is 4. The Kier molecular flexibility index (Phi) is 3.62. The molecule has 3 heterocycles. The van der Waals surface area contributed by atoms with Gasteiger partial charge in [0.1, 0.15) is 17.7 Å². The minimum absolute atomic E-state index is 0.734. The Morgan fingerprint density at radius 2 is 2.10 bits per heavy atom. The monoisotopic (exact) mass is 305 g/mol. The quantitative estimate of drug-likeness (QED) is 0.729. The fraction of sp³-hybridized carbons (Fsp3) is 0.538. The number of rotatable bonds is 5. The van der Waals surface area contributed by atoms with E-state index in [4.69, 9.17) is 12.2 Å². The molecule has 8 heteroatoms. The highest BCUT2D eigenvalue weighted by Gasteiger charge is 2.15. The van der Waals surface area contributed by atoms with Crippen LogP contribution in [0.15, 0.2) is 6.33 Å². The summed E-state index contributed by atoms with van der Waals surface area (Å²) in [5, 5.41) is 12.6. The van der Waals surface area contributed by atoms with Crippen LogP contribution in [0.25, 0.3) is 11.2 Å². The lowest BCUT2D eigenvalue weighted by Gasteiger charge is -2.04. The molecule has 0 spiro atoms. The predicted molar refractivity (Wildman–Crippen MR) is 82.6 cm³/mol. The first kappa shape index (κ1) is 14.0. The number of hydrogen-bond donors (Lipinski definition) is 1. The van der Waals surface area contributed by atoms with Crippen LogP contribution >= 0.6 is 12.2 Å². The van der Waals surface area contributed by atoms with Gasteiger partial charge in [-0.3, -0.25) is 4.68 Å². The van der Waals surface area contributed by atoms with Crippen molar-refractivity contribution in [3.63, 3.8) is 0 Å². The molecule has 0 radical (unpaired) electrons. The van der Waals surface area contributed by atoms with Crippen molar-refractivity contribution in [1.29, 1.82) is 0 Å². The van der Waals surface area contributed by atoms with Gasteiger partial charge < -0.3 is 14.1 Å². The van der Waals surface area contributed by atoms with E-state index >= 15 is 0 Å². The largest absolute Gasteiger partial charge is 0.328 e. The number of imidazole rings is 1. The minimum atomic E-state index is 0.734. The van der Waals surface area contributed by atoms with Crippen LogP contribution in [-0.2, 0) is 33.5 Å². The zero-order valence-corrected chi connectivity index (χ0v) is 13.3. The molecule has 7 nitrogen and oxygen atoms in total. The Hall–Kier alpha value is -1.96. The summed E-state index contributed by atoms with van der Waals surface area (Å²) in [7, 11) is 3.91. The van der Waals surface area contributed by atoms with Gasteiger partial charge in [-0.15, -0.1) is 10.2 Å². The zero-order chi connectivity index (χ0) is 15.0. The average molecular weight is 305 g/mol. The second kappa shape index (κ2) is 5.44. The molecule has 21 heavy (non-hydrogen) atoms.